The molecule has 1 amide bonds. The lowest BCUT2D eigenvalue weighted by molar-refractivity contribution is -0.123. The van der Waals surface area contributed by atoms with Gasteiger partial charge in [0.15, 0.2) is 0 Å². The van der Waals surface area contributed by atoms with Crippen molar-refractivity contribution in [2.24, 2.45) is 11.8 Å². The molecule has 1 atom stereocenters. The third-order valence-corrected chi connectivity index (χ3v) is 5.57. The molecule has 1 aliphatic rings. The van der Waals surface area contributed by atoms with Crippen molar-refractivity contribution in [3.63, 3.8) is 0 Å². The minimum Gasteiger partial charge on any atom is -0.354 e. The van der Waals surface area contributed by atoms with Crippen molar-refractivity contribution in [2.45, 2.75) is 38.1 Å². The Morgan fingerprint density at radius 2 is 1.85 bits per heavy atom. The van der Waals surface area contributed by atoms with E-state index in [1.54, 1.807) is 0 Å². The standard InChI is InChI=1S/C22H28N2O2/c1-23-21(13-18-10-11-19-4-2-3-5-20(19)12-18)22(26)24-14-16-6-8-17(15-25)9-7-16/h2-5,10-12,15-17,21,23H,6-9,13-14H2,1H3,(H,24,26). The Balaban J connectivity index is 1.54. The summed E-state index contributed by atoms with van der Waals surface area (Å²) in [5.41, 5.74) is 1.16. The summed E-state index contributed by atoms with van der Waals surface area (Å²) in [7, 11) is 1.83. The van der Waals surface area contributed by atoms with Gasteiger partial charge >= 0.3 is 0 Å². The summed E-state index contributed by atoms with van der Waals surface area (Å²) in [5.74, 6) is 0.770. The van der Waals surface area contributed by atoms with Crippen LogP contribution in [-0.2, 0) is 16.0 Å². The molecule has 138 valence electrons. The van der Waals surface area contributed by atoms with Gasteiger partial charge in [-0.2, -0.15) is 0 Å². The van der Waals surface area contributed by atoms with E-state index in [0.717, 1.165) is 37.5 Å². The van der Waals surface area contributed by atoms with Gasteiger partial charge in [-0.25, -0.2) is 0 Å². The van der Waals surface area contributed by atoms with Crippen molar-refractivity contribution in [1.29, 1.82) is 0 Å². The van der Waals surface area contributed by atoms with E-state index >= 15 is 0 Å². The van der Waals surface area contributed by atoms with Crippen molar-refractivity contribution < 1.29 is 9.59 Å². The monoisotopic (exact) mass is 352 g/mol. The van der Waals surface area contributed by atoms with Crippen LogP contribution in [0.5, 0.6) is 0 Å². The molecule has 0 bridgehead atoms. The molecule has 0 radical (unpaired) electrons. The minimum absolute atomic E-state index is 0.0539. The molecule has 2 N–H and O–H groups in total. The van der Waals surface area contributed by atoms with Gasteiger partial charge < -0.3 is 15.4 Å². The third-order valence-electron chi connectivity index (χ3n) is 5.57. The summed E-state index contributed by atoms with van der Waals surface area (Å²) in [5, 5.41) is 8.66. The van der Waals surface area contributed by atoms with Crippen molar-refractivity contribution >= 4 is 23.0 Å². The minimum atomic E-state index is -0.234. The van der Waals surface area contributed by atoms with Crippen LogP contribution in [0, 0.1) is 11.8 Å². The maximum atomic E-state index is 12.6. The molecule has 0 aliphatic heterocycles. The summed E-state index contributed by atoms with van der Waals surface area (Å²) < 4.78 is 0. The Kier molecular flexibility index (Phi) is 6.40. The second kappa shape index (κ2) is 8.95. The number of likely N-dealkylation sites (N-methyl/N-ethyl adjacent to an activating group) is 1. The van der Waals surface area contributed by atoms with Crippen molar-refractivity contribution in [2.75, 3.05) is 13.6 Å². The maximum absolute atomic E-state index is 12.6. The van der Waals surface area contributed by atoms with Crippen molar-refractivity contribution in [1.82, 2.24) is 10.6 Å². The van der Waals surface area contributed by atoms with E-state index < -0.39 is 0 Å². The number of benzene rings is 2. The number of rotatable bonds is 7. The highest BCUT2D eigenvalue weighted by molar-refractivity contribution is 5.84. The van der Waals surface area contributed by atoms with Gasteiger partial charge in [0.2, 0.25) is 5.91 Å². The van der Waals surface area contributed by atoms with E-state index in [1.807, 2.05) is 19.2 Å². The maximum Gasteiger partial charge on any atom is 0.237 e. The molecule has 4 heteroatoms. The largest absolute Gasteiger partial charge is 0.354 e. The van der Waals surface area contributed by atoms with Gasteiger partial charge in [-0.05, 0) is 61.4 Å². The van der Waals surface area contributed by atoms with Crippen LogP contribution in [-0.4, -0.2) is 31.8 Å². The highest BCUT2D eigenvalue weighted by Crippen LogP contribution is 2.27. The SMILES string of the molecule is CNC(Cc1ccc2ccccc2c1)C(=O)NCC1CCC(C=O)CC1. The zero-order chi connectivity index (χ0) is 18.4. The van der Waals surface area contributed by atoms with Crippen LogP contribution in [0.15, 0.2) is 42.5 Å². The predicted octanol–water partition coefficient (Wildman–Crippen LogP) is 3.09. The van der Waals surface area contributed by atoms with Crippen LogP contribution in [0.2, 0.25) is 0 Å². The molecule has 1 unspecified atom stereocenters. The molecular formula is C22H28N2O2. The van der Waals surface area contributed by atoms with Crippen LogP contribution >= 0.6 is 0 Å². The molecule has 0 spiro atoms. The molecule has 1 aliphatic carbocycles. The van der Waals surface area contributed by atoms with Crippen LogP contribution in [0.4, 0.5) is 0 Å². The first-order valence-corrected chi connectivity index (χ1v) is 9.57. The van der Waals surface area contributed by atoms with Crippen molar-refractivity contribution in [3.05, 3.63) is 48.0 Å². The lowest BCUT2D eigenvalue weighted by Gasteiger charge is -2.26. The highest BCUT2D eigenvalue weighted by Gasteiger charge is 2.23. The fourth-order valence-corrected chi connectivity index (χ4v) is 3.82. The average molecular weight is 352 g/mol. The normalized spacial score (nSPS) is 21.3. The number of fused-ring (bicyclic) bond motifs is 1. The Labute approximate surface area is 155 Å². The summed E-state index contributed by atoms with van der Waals surface area (Å²) in [6, 6.07) is 14.4. The van der Waals surface area contributed by atoms with E-state index in [2.05, 4.69) is 41.0 Å². The topological polar surface area (TPSA) is 58.2 Å². The summed E-state index contributed by atoms with van der Waals surface area (Å²) in [4.78, 5) is 23.4. The number of aldehydes is 1. The Morgan fingerprint density at radius 1 is 1.12 bits per heavy atom. The second-order valence-corrected chi connectivity index (χ2v) is 7.39. The molecule has 0 heterocycles. The van der Waals surface area contributed by atoms with Crippen LogP contribution < -0.4 is 10.6 Å². The van der Waals surface area contributed by atoms with E-state index in [0.29, 0.717) is 18.9 Å². The zero-order valence-corrected chi connectivity index (χ0v) is 15.4. The molecule has 2 aromatic rings. The van der Waals surface area contributed by atoms with Gasteiger partial charge in [0.1, 0.15) is 6.29 Å². The van der Waals surface area contributed by atoms with E-state index in [4.69, 9.17) is 0 Å². The van der Waals surface area contributed by atoms with Gasteiger partial charge in [-0.1, -0.05) is 42.5 Å². The Bertz CT molecular complexity index is 751. The smallest absolute Gasteiger partial charge is 0.237 e. The molecule has 4 nitrogen and oxygen atoms in total. The molecule has 0 saturated heterocycles. The van der Waals surface area contributed by atoms with E-state index in [-0.39, 0.29) is 17.9 Å². The fraction of sp³-hybridized carbons (Fsp3) is 0.455. The molecule has 3 rings (SSSR count). The Morgan fingerprint density at radius 3 is 2.54 bits per heavy atom. The van der Waals surface area contributed by atoms with Gasteiger partial charge in [-0.15, -0.1) is 0 Å². The molecule has 0 aromatic heterocycles. The van der Waals surface area contributed by atoms with Crippen LogP contribution in [0.3, 0.4) is 0 Å². The van der Waals surface area contributed by atoms with Gasteiger partial charge in [0.25, 0.3) is 0 Å². The summed E-state index contributed by atoms with van der Waals surface area (Å²) in [6.07, 6.45) is 5.71. The first-order valence-electron chi connectivity index (χ1n) is 9.57. The van der Waals surface area contributed by atoms with E-state index in [9.17, 15) is 9.59 Å². The zero-order valence-electron chi connectivity index (χ0n) is 15.4. The summed E-state index contributed by atoms with van der Waals surface area (Å²) in [6.45, 7) is 0.709. The van der Waals surface area contributed by atoms with E-state index in [1.165, 1.54) is 10.8 Å². The highest BCUT2D eigenvalue weighted by atomic mass is 16.2. The van der Waals surface area contributed by atoms with Gasteiger partial charge in [0.05, 0.1) is 6.04 Å². The number of hydrogen-bond donors (Lipinski definition) is 2. The van der Waals surface area contributed by atoms with Gasteiger partial charge in [-0.3, -0.25) is 4.79 Å². The Hall–Kier alpha value is -2.20. The molecular weight excluding hydrogens is 324 g/mol. The average Bonchev–Trinajstić information content (AvgIpc) is 2.70. The molecule has 26 heavy (non-hydrogen) atoms. The number of carbonyl (C=O) groups excluding carboxylic acids is 2. The summed E-state index contributed by atoms with van der Waals surface area (Å²) >= 11 is 0. The first-order chi connectivity index (χ1) is 12.7. The number of amides is 1. The van der Waals surface area contributed by atoms with Crippen LogP contribution in [0.25, 0.3) is 10.8 Å². The number of nitrogens with one attached hydrogen (secondary N) is 2. The quantitative estimate of drug-likeness (QED) is 0.753. The van der Waals surface area contributed by atoms with Gasteiger partial charge in [0, 0.05) is 12.5 Å². The first kappa shape index (κ1) is 18.6. The lowest BCUT2D eigenvalue weighted by atomic mass is 9.83. The third kappa shape index (κ3) is 4.70. The number of carbonyl (C=O) groups is 2. The van der Waals surface area contributed by atoms with Crippen molar-refractivity contribution in [3.8, 4) is 0 Å². The predicted molar refractivity (Wildman–Crippen MR) is 105 cm³/mol. The van der Waals surface area contributed by atoms with Crippen LogP contribution in [0.1, 0.15) is 31.2 Å². The number of hydrogen-bond acceptors (Lipinski definition) is 3. The second-order valence-electron chi connectivity index (χ2n) is 7.39. The lowest BCUT2D eigenvalue weighted by Crippen LogP contribution is -2.45. The molecule has 1 fully saturated rings. The molecule has 1 saturated carbocycles. The molecule has 2 aromatic carbocycles. The fourth-order valence-electron chi connectivity index (χ4n) is 3.82.